The highest BCUT2D eigenvalue weighted by atomic mass is 16.5. The Morgan fingerprint density at radius 2 is 1.80 bits per heavy atom. The number of H-pyrrole nitrogens is 1. The first-order chi connectivity index (χ1) is 16.9. The van der Waals surface area contributed by atoms with Gasteiger partial charge in [-0.2, -0.15) is 5.10 Å². The van der Waals surface area contributed by atoms with Crippen molar-refractivity contribution in [2.45, 2.75) is 20.4 Å². The van der Waals surface area contributed by atoms with Crippen LogP contribution in [0.4, 0.5) is 22.7 Å². The highest BCUT2D eigenvalue weighted by Gasteiger charge is 2.17. The summed E-state index contributed by atoms with van der Waals surface area (Å²) in [6, 6.07) is 11.7. The molecule has 1 N–H and O–H groups in total. The molecule has 2 aromatic heterocycles. The summed E-state index contributed by atoms with van der Waals surface area (Å²) in [4.78, 5) is 19.0. The number of anilines is 2. The highest BCUT2D eigenvalue weighted by molar-refractivity contribution is 6.00. The number of nitrogens with zero attached hydrogens (tertiary/aromatic N) is 6. The van der Waals surface area contributed by atoms with E-state index in [1.807, 2.05) is 69.7 Å². The number of nitrogens with one attached hydrogen (secondary N) is 1. The fraction of sp³-hybridized carbons (Fsp3) is 0.231. The van der Waals surface area contributed by atoms with Crippen molar-refractivity contribution >= 4 is 35.2 Å². The molecule has 0 amide bonds. The van der Waals surface area contributed by atoms with Gasteiger partial charge in [-0.15, -0.1) is 0 Å². The van der Waals surface area contributed by atoms with E-state index >= 15 is 0 Å². The van der Waals surface area contributed by atoms with Crippen LogP contribution in [0.15, 0.2) is 65.0 Å². The van der Waals surface area contributed by atoms with Gasteiger partial charge in [-0.25, -0.2) is 4.98 Å². The molecule has 0 bridgehead atoms. The summed E-state index contributed by atoms with van der Waals surface area (Å²) >= 11 is 0. The molecule has 0 saturated carbocycles. The minimum absolute atomic E-state index is 0.496. The molecule has 9 heteroatoms. The summed E-state index contributed by atoms with van der Waals surface area (Å²) in [5, 5.41) is 4.25. The van der Waals surface area contributed by atoms with Crippen molar-refractivity contribution in [2.24, 2.45) is 17.0 Å². The van der Waals surface area contributed by atoms with E-state index in [0.717, 1.165) is 34.2 Å². The lowest BCUT2D eigenvalue weighted by molar-refractivity contribution is 0.394. The summed E-state index contributed by atoms with van der Waals surface area (Å²) in [6.45, 7) is 8.15. The second kappa shape index (κ2) is 10.3. The number of methoxy groups -OCH3 is 2. The van der Waals surface area contributed by atoms with Crippen LogP contribution in [0.1, 0.15) is 24.0 Å². The second-order valence-corrected chi connectivity index (χ2v) is 8.10. The SMILES string of the molecule is C=Nc1ccc(N(Cc2ncc(C)[nH]2)c2cc(OC)cc(OC)c2)cc1N=C(C)c1cnn(C)c1. The fourth-order valence-electron chi connectivity index (χ4n) is 3.73. The third-order valence-corrected chi connectivity index (χ3v) is 5.56. The maximum Gasteiger partial charge on any atom is 0.126 e. The maximum atomic E-state index is 5.52. The quantitative estimate of drug-likeness (QED) is 0.335. The first-order valence-electron chi connectivity index (χ1n) is 11.1. The van der Waals surface area contributed by atoms with E-state index in [1.54, 1.807) is 25.1 Å². The zero-order valence-electron chi connectivity index (χ0n) is 20.6. The van der Waals surface area contributed by atoms with Gasteiger partial charge in [0.2, 0.25) is 0 Å². The van der Waals surface area contributed by atoms with Crippen LogP contribution in [0.25, 0.3) is 0 Å². The third-order valence-electron chi connectivity index (χ3n) is 5.56. The largest absolute Gasteiger partial charge is 0.497 e. The van der Waals surface area contributed by atoms with Crippen LogP contribution in [0.2, 0.25) is 0 Å². The molecule has 0 aliphatic carbocycles. The Bertz CT molecular complexity index is 1350. The molecule has 0 spiro atoms. The molecule has 4 aromatic rings. The molecule has 2 aromatic carbocycles. The summed E-state index contributed by atoms with van der Waals surface area (Å²) in [5.74, 6) is 2.21. The van der Waals surface area contributed by atoms with E-state index in [9.17, 15) is 0 Å². The van der Waals surface area contributed by atoms with Gasteiger partial charge in [-0.3, -0.25) is 14.7 Å². The highest BCUT2D eigenvalue weighted by Crippen LogP contribution is 2.38. The van der Waals surface area contributed by atoms with Crippen molar-refractivity contribution in [2.75, 3.05) is 19.1 Å². The zero-order chi connectivity index (χ0) is 24.9. The lowest BCUT2D eigenvalue weighted by Crippen LogP contribution is -2.17. The molecule has 0 saturated heterocycles. The Balaban J connectivity index is 1.82. The standard InChI is InChI=1S/C26H29N7O2/c1-17-13-28-26(30-17)16-33(21-9-22(34-5)12-23(10-21)35-6)20-7-8-24(27-3)25(11-20)31-18(2)19-14-29-32(4)15-19/h7-15H,3,16H2,1-2,4-6H3,(H,28,30). The van der Waals surface area contributed by atoms with Crippen molar-refractivity contribution in [1.29, 1.82) is 0 Å². The van der Waals surface area contributed by atoms with Crippen LogP contribution in [-0.4, -0.2) is 46.4 Å². The predicted molar refractivity (Wildman–Crippen MR) is 139 cm³/mol. The summed E-state index contributed by atoms with van der Waals surface area (Å²) in [5.41, 5.74) is 5.94. The number of benzene rings is 2. The molecule has 9 nitrogen and oxygen atoms in total. The lowest BCUT2D eigenvalue weighted by atomic mass is 10.1. The molecule has 4 rings (SSSR count). The van der Waals surface area contributed by atoms with Gasteiger partial charge in [-0.1, -0.05) is 0 Å². The molecule has 35 heavy (non-hydrogen) atoms. The average molecular weight is 472 g/mol. The van der Waals surface area contributed by atoms with Gasteiger partial charge < -0.3 is 19.4 Å². The minimum atomic E-state index is 0.496. The Morgan fingerprint density at radius 3 is 2.37 bits per heavy atom. The Morgan fingerprint density at radius 1 is 1.06 bits per heavy atom. The van der Waals surface area contributed by atoms with Crippen LogP contribution in [-0.2, 0) is 13.6 Å². The first kappa shape index (κ1) is 23.7. The number of rotatable bonds is 9. The van der Waals surface area contributed by atoms with Crippen molar-refractivity contribution in [3.63, 3.8) is 0 Å². The van der Waals surface area contributed by atoms with E-state index in [2.05, 4.69) is 31.7 Å². The number of hydrogen-bond donors (Lipinski definition) is 1. The minimum Gasteiger partial charge on any atom is -0.497 e. The van der Waals surface area contributed by atoms with Crippen LogP contribution in [0.3, 0.4) is 0 Å². The number of aryl methyl sites for hydroxylation is 2. The van der Waals surface area contributed by atoms with Crippen LogP contribution >= 0.6 is 0 Å². The van der Waals surface area contributed by atoms with E-state index in [1.165, 1.54) is 0 Å². The smallest absolute Gasteiger partial charge is 0.126 e. The van der Waals surface area contributed by atoms with Gasteiger partial charge in [0.25, 0.3) is 0 Å². The summed E-state index contributed by atoms with van der Waals surface area (Å²) in [6.07, 6.45) is 5.53. The average Bonchev–Trinajstić information content (AvgIpc) is 3.49. The normalized spacial score (nSPS) is 11.4. The zero-order valence-corrected chi connectivity index (χ0v) is 20.6. The van der Waals surface area contributed by atoms with Gasteiger partial charge in [-0.05, 0) is 38.8 Å². The molecule has 0 aliphatic heterocycles. The summed E-state index contributed by atoms with van der Waals surface area (Å²) in [7, 11) is 5.15. The van der Waals surface area contributed by atoms with Crippen molar-refractivity contribution in [1.82, 2.24) is 19.7 Å². The monoisotopic (exact) mass is 471 g/mol. The lowest BCUT2D eigenvalue weighted by Gasteiger charge is -2.25. The van der Waals surface area contributed by atoms with Crippen LogP contribution in [0, 0.1) is 6.92 Å². The molecule has 0 fully saturated rings. The van der Waals surface area contributed by atoms with Crippen molar-refractivity contribution in [3.05, 3.63) is 72.1 Å². The molecule has 0 aliphatic rings. The molecule has 180 valence electrons. The van der Waals surface area contributed by atoms with Crippen molar-refractivity contribution < 1.29 is 9.47 Å². The van der Waals surface area contributed by atoms with Crippen LogP contribution in [0.5, 0.6) is 11.5 Å². The predicted octanol–water partition coefficient (Wildman–Crippen LogP) is 5.28. The Hall–Kier alpha value is -4.40. The maximum absolute atomic E-state index is 5.52. The first-order valence-corrected chi connectivity index (χ1v) is 11.1. The Labute approximate surface area is 204 Å². The van der Waals surface area contributed by atoms with Gasteiger partial charge in [0, 0.05) is 66.0 Å². The number of aromatic nitrogens is 4. The third kappa shape index (κ3) is 5.40. The molecular weight excluding hydrogens is 442 g/mol. The number of hydrogen-bond acceptors (Lipinski definition) is 7. The second-order valence-electron chi connectivity index (χ2n) is 8.10. The molecule has 2 heterocycles. The van der Waals surface area contributed by atoms with E-state index < -0.39 is 0 Å². The number of aliphatic imine (C=N–C) groups is 2. The number of aromatic amines is 1. The fourth-order valence-corrected chi connectivity index (χ4v) is 3.73. The summed E-state index contributed by atoms with van der Waals surface area (Å²) < 4.78 is 12.8. The topological polar surface area (TPSA) is 92.9 Å². The van der Waals surface area contributed by atoms with E-state index in [0.29, 0.717) is 29.4 Å². The van der Waals surface area contributed by atoms with Crippen molar-refractivity contribution in [3.8, 4) is 11.5 Å². The van der Waals surface area contributed by atoms with Gasteiger partial charge in [0.1, 0.15) is 17.3 Å². The number of imidazole rings is 1. The van der Waals surface area contributed by atoms with Gasteiger partial charge in [0.05, 0.1) is 38.3 Å². The van der Waals surface area contributed by atoms with Gasteiger partial charge in [0.15, 0.2) is 0 Å². The molecule has 0 radical (unpaired) electrons. The molecular formula is C26H29N7O2. The Kier molecular flexibility index (Phi) is 6.96. The molecule has 0 atom stereocenters. The van der Waals surface area contributed by atoms with E-state index in [-0.39, 0.29) is 0 Å². The van der Waals surface area contributed by atoms with E-state index in [4.69, 9.17) is 14.5 Å². The molecule has 0 unspecified atom stereocenters. The van der Waals surface area contributed by atoms with Gasteiger partial charge >= 0.3 is 0 Å². The van der Waals surface area contributed by atoms with Crippen LogP contribution < -0.4 is 14.4 Å². The number of ether oxygens (including phenoxy) is 2.